The maximum atomic E-state index is 13.0. The second kappa shape index (κ2) is 5.50. The van der Waals surface area contributed by atoms with E-state index in [9.17, 15) is 9.18 Å². The zero-order chi connectivity index (χ0) is 13.0. The Hall–Kier alpha value is -2.09. The first-order valence-electron chi connectivity index (χ1n) is 5.90. The van der Waals surface area contributed by atoms with Crippen LogP contribution in [0.4, 0.5) is 14.9 Å². The number of likely N-dealkylation sites (tertiary alicyclic amines) is 1. The van der Waals surface area contributed by atoms with Crippen molar-refractivity contribution in [1.29, 1.82) is 5.26 Å². The quantitative estimate of drug-likeness (QED) is 0.829. The predicted molar refractivity (Wildman–Crippen MR) is 65.3 cm³/mol. The average Bonchev–Trinajstić information content (AvgIpc) is 2.39. The number of nitrogens with zero attached hydrogens (tertiary/aromatic N) is 2. The molecule has 18 heavy (non-hydrogen) atoms. The lowest BCUT2D eigenvalue weighted by molar-refractivity contribution is 0.192. The maximum absolute atomic E-state index is 13.0. The molecule has 0 atom stereocenters. The van der Waals surface area contributed by atoms with Crippen LogP contribution in [0.3, 0.4) is 0 Å². The second-order valence-corrected chi connectivity index (χ2v) is 4.33. The Kier molecular flexibility index (Phi) is 3.78. The molecule has 1 fully saturated rings. The lowest BCUT2D eigenvalue weighted by Gasteiger charge is -2.29. The van der Waals surface area contributed by atoms with E-state index in [4.69, 9.17) is 5.26 Å². The first kappa shape index (κ1) is 12.4. The van der Waals surface area contributed by atoms with Crippen molar-refractivity contribution < 1.29 is 9.18 Å². The number of urea groups is 1. The summed E-state index contributed by atoms with van der Waals surface area (Å²) in [4.78, 5) is 13.5. The highest BCUT2D eigenvalue weighted by Gasteiger charge is 2.22. The van der Waals surface area contributed by atoms with E-state index in [1.54, 1.807) is 17.0 Å². The van der Waals surface area contributed by atoms with Crippen molar-refractivity contribution in [3.8, 4) is 6.07 Å². The molecule has 1 aliphatic heterocycles. The zero-order valence-corrected chi connectivity index (χ0v) is 9.90. The number of hydrogen-bond acceptors (Lipinski definition) is 2. The number of rotatable bonds is 1. The molecule has 4 nitrogen and oxygen atoms in total. The van der Waals surface area contributed by atoms with Crippen LogP contribution >= 0.6 is 0 Å². The number of nitriles is 1. The first-order chi connectivity index (χ1) is 8.69. The van der Waals surface area contributed by atoms with Gasteiger partial charge in [0.05, 0.1) is 6.07 Å². The van der Waals surface area contributed by atoms with E-state index in [1.165, 1.54) is 12.1 Å². The Labute approximate surface area is 105 Å². The molecular formula is C13H14FN3O. The summed E-state index contributed by atoms with van der Waals surface area (Å²) in [5.74, 6) is -0.334. The van der Waals surface area contributed by atoms with Gasteiger partial charge in [-0.25, -0.2) is 9.18 Å². The highest BCUT2D eigenvalue weighted by atomic mass is 19.1. The van der Waals surface area contributed by atoms with E-state index in [1.807, 2.05) is 0 Å². The predicted octanol–water partition coefficient (Wildman–Crippen LogP) is 2.59. The van der Waals surface area contributed by atoms with Gasteiger partial charge in [0.15, 0.2) is 0 Å². The molecule has 0 bridgehead atoms. The molecule has 1 N–H and O–H groups in total. The lowest BCUT2D eigenvalue weighted by Crippen LogP contribution is -2.40. The van der Waals surface area contributed by atoms with Gasteiger partial charge in [0.2, 0.25) is 0 Å². The summed E-state index contributed by atoms with van der Waals surface area (Å²) in [6.45, 7) is 1.14. The van der Waals surface area contributed by atoms with Gasteiger partial charge < -0.3 is 10.2 Å². The number of nitrogens with one attached hydrogen (secondary N) is 1. The van der Waals surface area contributed by atoms with Crippen molar-refractivity contribution in [2.45, 2.75) is 12.8 Å². The monoisotopic (exact) mass is 247 g/mol. The van der Waals surface area contributed by atoms with E-state index in [0.29, 0.717) is 31.6 Å². The SMILES string of the molecule is N#CC1CCN(C(=O)Nc2cccc(F)c2)CC1. The fourth-order valence-electron chi connectivity index (χ4n) is 1.98. The average molecular weight is 247 g/mol. The third-order valence-corrected chi connectivity index (χ3v) is 3.04. The summed E-state index contributed by atoms with van der Waals surface area (Å²) in [5.41, 5.74) is 0.447. The number of carbonyl (C=O) groups excluding carboxylic acids is 1. The molecule has 0 saturated carbocycles. The minimum absolute atomic E-state index is 0.0446. The summed E-state index contributed by atoms with van der Waals surface area (Å²) in [6, 6.07) is 7.77. The van der Waals surface area contributed by atoms with Gasteiger partial charge >= 0.3 is 6.03 Å². The fraction of sp³-hybridized carbons (Fsp3) is 0.385. The Balaban J connectivity index is 1.91. The van der Waals surface area contributed by atoms with Gasteiger partial charge in [-0.1, -0.05) is 6.07 Å². The maximum Gasteiger partial charge on any atom is 0.321 e. The molecule has 0 aromatic heterocycles. The van der Waals surface area contributed by atoms with E-state index in [2.05, 4.69) is 11.4 Å². The van der Waals surface area contributed by atoms with Crippen LogP contribution in [-0.2, 0) is 0 Å². The Morgan fingerprint density at radius 2 is 2.17 bits per heavy atom. The van der Waals surface area contributed by atoms with Crippen molar-refractivity contribution in [1.82, 2.24) is 4.90 Å². The van der Waals surface area contributed by atoms with E-state index in [-0.39, 0.29) is 17.8 Å². The summed E-state index contributed by atoms with van der Waals surface area (Å²) in [6.07, 6.45) is 1.40. The minimum atomic E-state index is -0.379. The van der Waals surface area contributed by atoms with Crippen LogP contribution in [0, 0.1) is 23.1 Å². The molecule has 1 heterocycles. The summed E-state index contributed by atoms with van der Waals surface area (Å²) in [7, 11) is 0. The largest absolute Gasteiger partial charge is 0.324 e. The van der Waals surface area contributed by atoms with E-state index < -0.39 is 0 Å². The topological polar surface area (TPSA) is 56.1 Å². The van der Waals surface area contributed by atoms with Crippen LogP contribution < -0.4 is 5.32 Å². The Morgan fingerprint density at radius 3 is 2.78 bits per heavy atom. The normalized spacial score (nSPS) is 16.1. The molecule has 0 unspecified atom stereocenters. The van der Waals surface area contributed by atoms with Crippen LogP contribution in [0.5, 0.6) is 0 Å². The van der Waals surface area contributed by atoms with Gasteiger partial charge in [0, 0.05) is 24.7 Å². The van der Waals surface area contributed by atoms with E-state index >= 15 is 0 Å². The molecule has 2 rings (SSSR count). The van der Waals surface area contributed by atoms with Gasteiger partial charge in [-0.15, -0.1) is 0 Å². The van der Waals surface area contributed by atoms with Gasteiger partial charge in [-0.3, -0.25) is 0 Å². The zero-order valence-electron chi connectivity index (χ0n) is 9.90. The number of amides is 2. The summed E-state index contributed by atoms with van der Waals surface area (Å²) < 4.78 is 13.0. The van der Waals surface area contributed by atoms with Crippen LogP contribution in [0.2, 0.25) is 0 Å². The lowest BCUT2D eigenvalue weighted by atomic mass is 9.99. The molecule has 0 spiro atoms. The fourth-order valence-corrected chi connectivity index (χ4v) is 1.98. The van der Waals surface area contributed by atoms with Crippen LogP contribution in [0.1, 0.15) is 12.8 Å². The molecule has 0 aliphatic carbocycles. The summed E-state index contributed by atoms with van der Waals surface area (Å²) >= 11 is 0. The molecule has 5 heteroatoms. The molecule has 2 amide bonds. The standard InChI is InChI=1S/C13H14FN3O/c14-11-2-1-3-12(8-11)16-13(18)17-6-4-10(9-15)5-7-17/h1-3,8,10H,4-7H2,(H,16,18). The second-order valence-electron chi connectivity index (χ2n) is 4.33. The van der Waals surface area contributed by atoms with Crippen molar-refractivity contribution >= 4 is 11.7 Å². The third kappa shape index (κ3) is 2.98. The number of anilines is 1. The van der Waals surface area contributed by atoms with Crippen LogP contribution in [0.25, 0.3) is 0 Å². The third-order valence-electron chi connectivity index (χ3n) is 3.04. The number of carbonyl (C=O) groups is 1. The Bertz CT molecular complexity index is 475. The van der Waals surface area contributed by atoms with Gasteiger partial charge in [-0.05, 0) is 31.0 Å². The van der Waals surface area contributed by atoms with Gasteiger partial charge in [0.1, 0.15) is 5.82 Å². The van der Waals surface area contributed by atoms with Gasteiger partial charge in [0.25, 0.3) is 0 Å². The minimum Gasteiger partial charge on any atom is -0.324 e. The molecule has 1 aromatic carbocycles. The smallest absolute Gasteiger partial charge is 0.321 e. The molecule has 1 saturated heterocycles. The molecule has 1 aliphatic rings. The molecule has 1 aromatic rings. The van der Waals surface area contributed by atoms with Gasteiger partial charge in [-0.2, -0.15) is 5.26 Å². The highest BCUT2D eigenvalue weighted by Crippen LogP contribution is 2.17. The van der Waals surface area contributed by atoms with Crippen LogP contribution in [0.15, 0.2) is 24.3 Å². The molecule has 0 radical (unpaired) electrons. The number of halogens is 1. The number of benzene rings is 1. The van der Waals surface area contributed by atoms with Crippen molar-refractivity contribution in [3.63, 3.8) is 0 Å². The molecular weight excluding hydrogens is 233 g/mol. The van der Waals surface area contributed by atoms with Crippen molar-refractivity contribution in [2.75, 3.05) is 18.4 Å². The van der Waals surface area contributed by atoms with Crippen molar-refractivity contribution in [3.05, 3.63) is 30.1 Å². The van der Waals surface area contributed by atoms with Crippen LogP contribution in [-0.4, -0.2) is 24.0 Å². The first-order valence-corrected chi connectivity index (χ1v) is 5.90. The van der Waals surface area contributed by atoms with Crippen molar-refractivity contribution in [2.24, 2.45) is 5.92 Å². The number of piperidine rings is 1. The highest BCUT2D eigenvalue weighted by molar-refractivity contribution is 5.89. The summed E-state index contributed by atoms with van der Waals surface area (Å²) in [5, 5.41) is 11.4. The van der Waals surface area contributed by atoms with E-state index in [0.717, 1.165) is 0 Å². The Morgan fingerprint density at radius 1 is 1.44 bits per heavy atom. The molecule has 94 valence electrons. The number of hydrogen-bond donors (Lipinski definition) is 1.